The van der Waals surface area contributed by atoms with E-state index < -0.39 is 11.7 Å². The van der Waals surface area contributed by atoms with E-state index in [2.05, 4.69) is 15.3 Å². The molecule has 1 N–H and O–H groups in total. The Labute approximate surface area is 121 Å². The summed E-state index contributed by atoms with van der Waals surface area (Å²) in [5.74, 6) is -0.365. The number of rotatable bonds is 3. The lowest BCUT2D eigenvalue weighted by Gasteiger charge is -2.15. The summed E-state index contributed by atoms with van der Waals surface area (Å²) >= 11 is 0. The maximum atomic E-state index is 13.5. The minimum absolute atomic E-state index is 0.142. The standard InChI is InChI=1S/C15H15FN4O/c16-11-5-1-2-6-12(11)18-14(21)13-7-8-17-15(19-13)20-9-3-4-10-20/h1-2,5-8H,3-4,9-10H2,(H,18,21). The highest BCUT2D eigenvalue weighted by Gasteiger charge is 2.17. The van der Waals surface area contributed by atoms with Gasteiger partial charge >= 0.3 is 0 Å². The van der Waals surface area contributed by atoms with Crippen molar-refractivity contribution in [1.29, 1.82) is 0 Å². The number of nitrogens with zero attached hydrogens (tertiary/aromatic N) is 3. The number of halogens is 1. The molecular weight excluding hydrogens is 271 g/mol. The van der Waals surface area contributed by atoms with Gasteiger partial charge in [0.25, 0.3) is 5.91 Å². The minimum atomic E-state index is -0.473. The molecule has 3 rings (SSSR count). The fraction of sp³-hybridized carbons (Fsp3) is 0.267. The first-order valence-corrected chi connectivity index (χ1v) is 6.88. The Bertz CT molecular complexity index is 656. The van der Waals surface area contributed by atoms with E-state index in [0.29, 0.717) is 5.95 Å². The molecule has 0 saturated carbocycles. The van der Waals surface area contributed by atoms with E-state index in [1.165, 1.54) is 18.2 Å². The third-order valence-corrected chi connectivity index (χ3v) is 3.39. The van der Waals surface area contributed by atoms with E-state index >= 15 is 0 Å². The van der Waals surface area contributed by atoms with E-state index in [1.54, 1.807) is 18.3 Å². The van der Waals surface area contributed by atoms with E-state index in [4.69, 9.17) is 0 Å². The first kappa shape index (κ1) is 13.5. The first-order chi connectivity index (χ1) is 10.2. The van der Waals surface area contributed by atoms with Crippen molar-refractivity contribution in [3.05, 3.63) is 48.0 Å². The molecule has 5 nitrogen and oxygen atoms in total. The fourth-order valence-electron chi connectivity index (χ4n) is 2.29. The van der Waals surface area contributed by atoms with Crippen molar-refractivity contribution in [2.24, 2.45) is 0 Å². The molecule has 0 radical (unpaired) electrons. The molecule has 0 atom stereocenters. The summed E-state index contributed by atoms with van der Waals surface area (Å²) in [6.07, 6.45) is 3.76. The van der Waals surface area contributed by atoms with Crippen LogP contribution in [0.25, 0.3) is 0 Å². The van der Waals surface area contributed by atoms with Crippen LogP contribution < -0.4 is 10.2 Å². The number of aromatic nitrogens is 2. The zero-order valence-electron chi connectivity index (χ0n) is 11.4. The van der Waals surface area contributed by atoms with Crippen molar-refractivity contribution in [3.63, 3.8) is 0 Å². The second kappa shape index (κ2) is 5.87. The molecule has 6 heteroatoms. The SMILES string of the molecule is O=C(Nc1ccccc1F)c1ccnc(N2CCCC2)n1. The Morgan fingerprint density at radius 2 is 1.95 bits per heavy atom. The van der Waals surface area contributed by atoms with E-state index in [-0.39, 0.29) is 11.4 Å². The Kier molecular flexibility index (Phi) is 3.77. The molecule has 21 heavy (non-hydrogen) atoms. The number of carbonyl (C=O) groups excluding carboxylic acids is 1. The third-order valence-electron chi connectivity index (χ3n) is 3.39. The predicted octanol–water partition coefficient (Wildman–Crippen LogP) is 2.47. The molecule has 1 aromatic heterocycles. The van der Waals surface area contributed by atoms with Crippen LogP contribution in [-0.4, -0.2) is 29.0 Å². The van der Waals surface area contributed by atoms with Crippen LogP contribution in [0.5, 0.6) is 0 Å². The molecule has 2 aromatic rings. The molecule has 0 bridgehead atoms. The number of anilines is 2. The van der Waals surface area contributed by atoms with Crippen LogP contribution >= 0.6 is 0 Å². The third kappa shape index (κ3) is 2.99. The van der Waals surface area contributed by atoms with Crippen LogP contribution in [0.15, 0.2) is 36.5 Å². The van der Waals surface area contributed by atoms with Gasteiger partial charge in [-0.25, -0.2) is 14.4 Å². The molecule has 1 saturated heterocycles. The van der Waals surface area contributed by atoms with Crippen molar-refractivity contribution in [3.8, 4) is 0 Å². The lowest BCUT2D eigenvalue weighted by molar-refractivity contribution is 0.102. The molecule has 0 aliphatic carbocycles. The van der Waals surface area contributed by atoms with Crippen molar-refractivity contribution >= 4 is 17.5 Å². The van der Waals surface area contributed by atoms with Crippen LogP contribution in [0.2, 0.25) is 0 Å². The summed E-state index contributed by atoms with van der Waals surface area (Å²) in [6, 6.07) is 7.56. The van der Waals surface area contributed by atoms with Crippen LogP contribution in [0.4, 0.5) is 16.0 Å². The summed E-state index contributed by atoms with van der Waals surface area (Å²) in [4.78, 5) is 22.6. The first-order valence-electron chi connectivity index (χ1n) is 6.88. The van der Waals surface area contributed by atoms with Gasteiger partial charge in [-0.1, -0.05) is 12.1 Å². The molecule has 1 amide bonds. The second-order valence-corrected chi connectivity index (χ2v) is 4.87. The highest BCUT2D eigenvalue weighted by Crippen LogP contribution is 2.17. The van der Waals surface area contributed by atoms with Gasteiger partial charge in [-0.2, -0.15) is 0 Å². The lowest BCUT2D eigenvalue weighted by atomic mass is 10.3. The Morgan fingerprint density at radius 1 is 1.19 bits per heavy atom. The second-order valence-electron chi connectivity index (χ2n) is 4.87. The molecular formula is C15H15FN4O. The van der Waals surface area contributed by atoms with Gasteiger partial charge in [-0.15, -0.1) is 0 Å². The van der Waals surface area contributed by atoms with Crippen molar-refractivity contribution < 1.29 is 9.18 Å². The molecule has 1 aromatic carbocycles. The Balaban J connectivity index is 1.78. The van der Waals surface area contributed by atoms with Crippen LogP contribution in [-0.2, 0) is 0 Å². The largest absolute Gasteiger partial charge is 0.341 e. The van der Waals surface area contributed by atoms with E-state index in [1.807, 2.05) is 4.90 Å². The summed E-state index contributed by atoms with van der Waals surface area (Å²) in [7, 11) is 0. The fourth-order valence-corrected chi connectivity index (χ4v) is 2.29. The number of carbonyl (C=O) groups is 1. The minimum Gasteiger partial charge on any atom is -0.341 e. The highest BCUT2D eigenvalue weighted by atomic mass is 19.1. The van der Waals surface area contributed by atoms with Gasteiger partial charge in [0.05, 0.1) is 5.69 Å². The van der Waals surface area contributed by atoms with Gasteiger partial charge in [0.15, 0.2) is 0 Å². The Morgan fingerprint density at radius 3 is 2.71 bits per heavy atom. The molecule has 0 spiro atoms. The molecule has 0 unspecified atom stereocenters. The quantitative estimate of drug-likeness (QED) is 0.941. The summed E-state index contributed by atoms with van der Waals surface area (Å²) < 4.78 is 13.5. The number of amides is 1. The molecule has 108 valence electrons. The number of para-hydroxylation sites is 1. The molecule has 1 fully saturated rings. The van der Waals surface area contributed by atoms with Crippen molar-refractivity contribution in [2.75, 3.05) is 23.3 Å². The van der Waals surface area contributed by atoms with Gasteiger partial charge < -0.3 is 10.2 Å². The molecule has 2 heterocycles. The Hall–Kier alpha value is -2.50. The number of benzene rings is 1. The van der Waals surface area contributed by atoms with Crippen LogP contribution in [0.1, 0.15) is 23.3 Å². The van der Waals surface area contributed by atoms with Gasteiger partial charge in [-0.05, 0) is 31.0 Å². The number of hydrogen-bond acceptors (Lipinski definition) is 4. The van der Waals surface area contributed by atoms with E-state index in [9.17, 15) is 9.18 Å². The zero-order valence-corrected chi connectivity index (χ0v) is 11.4. The summed E-state index contributed by atoms with van der Waals surface area (Å²) in [5.41, 5.74) is 0.374. The van der Waals surface area contributed by atoms with Crippen LogP contribution in [0.3, 0.4) is 0 Å². The molecule has 1 aliphatic rings. The average Bonchev–Trinajstić information content (AvgIpc) is 3.04. The number of hydrogen-bond donors (Lipinski definition) is 1. The van der Waals surface area contributed by atoms with Crippen molar-refractivity contribution in [1.82, 2.24) is 9.97 Å². The van der Waals surface area contributed by atoms with Crippen molar-refractivity contribution in [2.45, 2.75) is 12.8 Å². The monoisotopic (exact) mass is 286 g/mol. The topological polar surface area (TPSA) is 58.1 Å². The summed E-state index contributed by atoms with van der Waals surface area (Å²) in [6.45, 7) is 1.80. The maximum absolute atomic E-state index is 13.5. The van der Waals surface area contributed by atoms with Gasteiger partial charge in [0.1, 0.15) is 11.5 Å². The predicted molar refractivity (Wildman–Crippen MR) is 77.8 cm³/mol. The van der Waals surface area contributed by atoms with E-state index in [0.717, 1.165) is 25.9 Å². The van der Waals surface area contributed by atoms with Gasteiger partial charge in [-0.3, -0.25) is 4.79 Å². The zero-order chi connectivity index (χ0) is 14.7. The average molecular weight is 286 g/mol. The smallest absolute Gasteiger partial charge is 0.274 e. The highest BCUT2D eigenvalue weighted by molar-refractivity contribution is 6.03. The van der Waals surface area contributed by atoms with Crippen LogP contribution in [0, 0.1) is 5.82 Å². The summed E-state index contributed by atoms with van der Waals surface area (Å²) in [5, 5.41) is 2.52. The maximum Gasteiger partial charge on any atom is 0.274 e. The van der Waals surface area contributed by atoms with Gasteiger partial charge in [0.2, 0.25) is 5.95 Å². The van der Waals surface area contributed by atoms with Gasteiger partial charge in [0, 0.05) is 19.3 Å². The number of nitrogens with one attached hydrogen (secondary N) is 1. The normalized spacial score (nSPS) is 14.2. The molecule has 1 aliphatic heterocycles. The lowest BCUT2D eigenvalue weighted by Crippen LogP contribution is -2.22.